The molecule has 1 saturated heterocycles. The van der Waals surface area contributed by atoms with Gasteiger partial charge in [0.25, 0.3) is 0 Å². The van der Waals surface area contributed by atoms with Crippen LogP contribution in [0.25, 0.3) is 0 Å². The molecule has 1 heterocycles. The summed E-state index contributed by atoms with van der Waals surface area (Å²) in [6.07, 6.45) is 0.133. The molecule has 1 aromatic carbocycles. The van der Waals surface area contributed by atoms with Crippen LogP contribution in [0.15, 0.2) is 24.3 Å². The van der Waals surface area contributed by atoms with Crippen molar-refractivity contribution in [3.8, 4) is 5.75 Å². The minimum absolute atomic E-state index is 0. The van der Waals surface area contributed by atoms with Crippen LogP contribution in [0.2, 0.25) is 0 Å². The fourth-order valence-corrected chi connectivity index (χ4v) is 2.26. The summed E-state index contributed by atoms with van der Waals surface area (Å²) in [6.45, 7) is 7.75. The molecule has 2 unspecified atom stereocenters. The average Bonchev–Trinajstić information content (AvgIpc) is 2.47. The minimum Gasteiger partial charge on any atom is -0.491 e. The van der Waals surface area contributed by atoms with Gasteiger partial charge < -0.3 is 20.1 Å². The van der Waals surface area contributed by atoms with Gasteiger partial charge in [0.1, 0.15) is 11.8 Å². The number of rotatable bonds is 5. The second-order valence-corrected chi connectivity index (χ2v) is 5.55. The van der Waals surface area contributed by atoms with Crippen LogP contribution in [0.3, 0.4) is 0 Å². The van der Waals surface area contributed by atoms with Gasteiger partial charge in [-0.15, -0.1) is 12.4 Å². The second-order valence-electron chi connectivity index (χ2n) is 5.55. The molecule has 1 fully saturated rings. The number of halogens is 1. The third-order valence-corrected chi connectivity index (χ3v) is 3.33. The molecule has 0 aromatic heterocycles. The molecule has 0 radical (unpaired) electrons. The summed E-state index contributed by atoms with van der Waals surface area (Å²) in [5.74, 6) is 0.792. The Balaban J connectivity index is 0.00000242. The maximum absolute atomic E-state index is 12.2. The van der Waals surface area contributed by atoms with E-state index in [1.807, 2.05) is 45.0 Å². The van der Waals surface area contributed by atoms with Gasteiger partial charge in [-0.2, -0.15) is 0 Å². The highest BCUT2D eigenvalue weighted by molar-refractivity contribution is 5.85. The molecular formula is C16H25ClN2O3. The Morgan fingerprint density at radius 2 is 2.18 bits per heavy atom. The Labute approximate surface area is 138 Å². The first-order valence-electron chi connectivity index (χ1n) is 7.44. The summed E-state index contributed by atoms with van der Waals surface area (Å²) in [5, 5.41) is 6.16. The zero-order chi connectivity index (χ0) is 15.2. The van der Waals surface area contributed by atoms with Crippen molar-refractivity contribution in [2.75, 3.05) is 19.8 Å². The summed E-state index contributed by atoms with van der Waals surface area (Å²) in [6, 6.07) is 7.48. The molecule has 0 spiro atoms. The van der Waals surface area contributed by atoms with Gasteiger partial charge in [-0.1, -0.05) is 12.1 Å². The maximum atomic E-state index is 12.2. The average molecular weight is 329 g/mol. The zero-order valence-electron chi connectivity index (χ0n) is 13.3. The van der Waals surface area contributed by atoms with Crippen LogP contribution in [0.4, 0.5) is 0 Å². The van der Waals surface area contributed by atoms with E-state index in [-0.39, 0.29) is 36.5 Å². The number of carbonyl (C=O) groups excluding carboxylic acids is 1. The van der Waals surface area contributed by atoms with Crippen LogP contribution in [0.5, 0.6) is 5.75 Å². The monoisotopic (exact) mass is 328 g/mol. The topological polar surface area (TPSA) is 59.6 Å². The van der Waals surface area contributed by atoms with Crippen molar-refractivity contribution in [3.63, 3.8) is 0 Å². The second kappa shape index (κ2) is 8.98. The lowest BCUT2D eigenvalue weighted by Gasteiger charge is -2.25. The molecule has 5 nitrogen and oxygen atoms in total. The van der Waals surface area contributed by atoms with Gasteiger partial charge in [0.2, 0.25) is 5.91 Å². The summed E-state index contributed by atoms with van der Waals surface area (Å²) in [5.41, 5.74) is 1.03. The molecule has 1 amide bonds. The Kier molecular flexibility index (Phi) is 7.65. The molecule has 2 rings (SSSR count). The van der Waals surface area contributed by atoms with Crippen molar-refractivity contribution in [2.45, 2.75) is 39.0 Å². The fourth-order valence-electron chi connectivity index (χ4n) is 2.26. The van der Waals surface area contributed by atoms with E-state index in [1.54, 1.807) is 0 Å². The van der Waals surface area contributed by atoms with Crippen LogP contribution < -0.4 is 15.4 Å². The molecule has 6 heteroatoms. The van der Waals surface area contributed by atoms with Crippen molar-refractivity contribution in [1.82, 2.24) is 10.6 Å². The molecular weight excluding hydrogens is 304 g/mol. The first-order chi connectivity index (χ1) is 10.1. The lowest BCUT2D eigenvalue weighted by molar-refractivity contribution is -0.126. The quantitative estimate of drug-likeness (QED) is 0.868. The van der Waals surface area contributed by atoms with Crippen LogP contribution in [-0.2, 0) is 9.53 Å². The van der Waals surface area contributed by atoms with E-state index >= 15 is 0 Å². The number of ether oxygens (including phenoxy) is 2. The Bertz CT molecular complexity index is 476. The van der Waals surface area contributed by atoms with Crippen LogP contribution in [0, 0.1) is 0 Å². The largest absolute Gasteiger partial charge is 0.491 e. The summed E-state index contributed by atoms with van der Waals surface area (Å²) >= 11 is 0. The summed E-state index contributed by atoms with van der Waals surface area (Å²) in [4.78, 5) is 12.2. The van der Waals surface area contributed by atoms with Crippen molar-refractivity contribution >= 4 is 18.3 Å². The smallest absolute Gasteiger partial charge is 0.240 e. The standard InChI is InChI=1S/C16H24N2O3.ClH/c1-11(2)21-14-6-4-5-13(9-14)12(3)18-16(19)15-10-20-8-7-17-15;/h4-6,9,11-12,15,17H,7-8,10H2,1-3H3,(H,18,19);1H. The number of carbonyl (C=O) groups is 1. The van der Waals surface area contributed by atoms with Crippen LogP contribution in [0.1, 0.15) is 32.4 Å². The molecule has 0 saturated carbocycles. The van der Waals surface area contributed by atoms with Gasteiger partial charge in [0.05, 0.1) is 25.4 Å². The van der Waals surface area contributed by atoms with E-state index in [4.69, 9.17) is 9.47 Å². The normalized spacial score (nSPS) is 19.2. The highest BCUT2D eigenvalue weighted by atomic mass is 35.5. The SMILES string of the molecule is CC(C)Oc1cccc(C(C)NC(=O)C2COCCN2)c1.Cl. The molecule has 124 valence electrons. The molecule has 1 aliphatic heterocycles. The third kappa shape index (κ3) is 5.48. The zero-order valence-corrected chi connectivity index (χ0v) is 14.1. The molecule has 1 aromatic rings. The van der Waals surface area contributed by atoms with Crippen molar-refractivity contribution < 1.29 is 14.3 Å². The van der Waals surface area contributed by atoms with E-state index in [9.17, 15) is 4.79 Å². The van der Waals surface area contributed by atoms with Crippen LogP contribution in [-0.4, -0.2) is 37.8 Å². The molecule has 22 heavy (non-hydrogen) atoms. The summed E-state index contributed by atoms with van der Waals surface area (Å²) in [7, 11) is 0. The molecule has 0 bridgehead atoms. The first kappa shape index (κ1) is 18.7. The number of amides is 1. The van der Waals surface area contributed by atoms with Gasteiger partial charge in [-0.25, -0.2) is 0 Å². The Morgan fingerprint density at radius 3 is 2.82 bits per heavy atom. The third-order valence-electron chi connectivity index (χ3n) is 3.33. The van der Waals surface area contributed by atoms with Gasteiger partial charge >= 0.3 is 0 Å². The Hall–Kier alpha value is -1.30. The number of nitrogens with one attached hydrogen (secondary N) is 2. The highest BCUT2D eigenvalue weighted by Gasteiger charge is 2.22. The minimum atomic E-state index is -0.267. The highest BCUT2D eigenvalue weighted by Crippen LogP contribution is 2.20. The number of hydrogen-bond donors (Lipinski definition) is 2. The molecule has 2 atom stereocenters. The van der Waals surface area contributed by atoms with E-state index in [1.165, 1.54) is 0 Å². The molecule has 1 aliphatic rings. The van der Waals surface area contributed by atoms with Crippen molar-refractivity contribution in [3.05, 3.63) is 29.8 Å². The van der Waals surface area contributed by atoms with E-state index in [0.717, 1.165) is 11.3 Å². The predicted molar refractivity (Wildman–Crippen MR) is 88.6 cm³/mol. The fraction of sp³-hybridized carbons (Fsp3) is 0.562. The Morgan fingerprint density at radius 1 is 1.41 bits per heavy atom. The maximum Gasteiger partial charge on any atom is 0.240 e. The summed E-state index contributed by atoms with van der Waals surface area (Å²) < 4.78 is 11.0. The first-order valence-corrected chi connectivity index (χ1v) is 7.44. The predicted octanol–water partition coefficient (Wildman–Crippen LogP) is 2.06. The number of hydrogen-bond acceptors (Lipinski definition) is 4. The lowest BCUT2D eigenvalue weighted by atomic mass is 10.1. The van der Waals surface area contributed by atoms with Gasteiger partial charge in [0.15, 0.2) is 0 Å². The van der Waals surface area contributed by atoms with Gasteiger partial charge in [0, 0.05) is 6.54 Å². The van der Waals surface area contributed by atoms with Gasteiger partial charge in [-0.3, -0.25) is 4.79 Å². The lowest BCUT2D eigenvalue weighted by Crippen LogP contribution is -2.51. The van der Waals surface area contributed by atoms with Crippen molar-refractivity contribution in [1.29, 1.82) is 0 Å². The number of benzene rings is 1. The van der Waals surface area contributed by atoms with E-state index in [2.05, 4.69) is 10.6 Å². The molecule has 2 N–H and O–H groups in total. The van der Waals surface area contributed by atoms with E-state index < -0.39 is 0 Å². The van der Waals surface area contributed by atoms with Gasteiger partial charge in [-0.05, 0) is 38.5 Å². The van der Waals surface area contributed by atoms with Crippen LogP contribution >= 0.6 is 12.4 Å². The number of morpholine rings is 1. The van der Waals surface area contributed by atoms with E-state index in [0.29, 0.717) is 19.8 Å². The van der Waals surface area contributed by atoms with Crippen molar-refractivity contribution in [2.24, 2.45) is 0 Å². The molecule has 0 aliphatic carbocycles.